The van der Waals surface area contributed by atoms with Crippen LogP contribution in [0.25, 0.3) is 0 Å². The molecule has 0 bridgehead atoms. The van der Waals surface area contributed by atoms with Crippen molar-refractivity contribution in [3.05, 3.63) is 41.1 Å². The van der Waals surface area contributed by atoms with Crippen LogP contribution in [0.4, 0.5) is 10.6 Å². The zero-order chi connectivity index (χ0) is 21.2. The maximum absolute atomic E-state index is 12.6. The van der Waals surface area contributed by atoms with Crippen LogP contribution in [0.1, 0.15) is 49.3 Å². The Morgan fingerprint density at radius 3 is 2.69 bits per heavy atom. The van der Waals surface area contributed by atoms with Crippen LogP contribution < -0.4 is 10.1 Å². The van der Waals surface area contributed by atoms with E-state index in [1.807, 2.05) is 20.8 Å². The van der Waals surface area contributed by atoms with Crippen molar-refractivity contribution in [3.63, 3.8) is 0 Å². The number of amides is 2. The lowest BCUT2D eigenvalue weighted by Gasteiger charge is -2.29. The first-order valence-electron chi connectivity index (χ1n) is 9.26. The monoisotopic (exact) mass is 400 g/mol. The number of carbonyl (C=O) groups excluding carboxylic acids is 3. The standard InChI is InChI=1S/C20H24N4O5/c1-12(25)28-14-7-5-6-13(10-14)18(26)21-17-15-8-9-24(11-16(15)22-23-17)19(27)29-20(2,3)4/h5-7,10H,8-9,11H2,1-4H3,(H2,21,22,23,26). The van der Waals surface area contributed by atoms with E-state index in [0.717, 1.165) is 11.3 Å². The largest absolute Gasteiger partial charge is 0.444 e. The molecule has 2 aromatic rings. The van der Waals surface area contributed by atoms with Gasteiger partial charge in [-0.15, -0.1) is 0 Å². The SMILES string of the molecule is CC(=O)Oc1cccc(C(=O)Nc2n[nH]c3c2CCN(C(=O)OC(C)(C)C)C3)c1. The number of benzene rings is 1. The average Bonchev–Trinajstić information content (AvgIpc) is 3.02. The number of anilines is 1. The molecule has 154 valence electrons. The molecular formula is C20H24N4O5. The molecule has 1 aliphatic rings. The van der Waals surface area contributed by atoms with E-state index in [-0.39, 0.29) is 12.0 Å². The van der Waals surface area contributed by atoms with Gasteiger partial charge in [-0.3, -0.25) is 14.7 Å². The van der Waals surface area contributed by atoms with E-state index in [1.165, 1.54) is 13.0 Å². The van der Waals surface area contributed by atoms with Crippen LogP contribution in [0.5, 0.6) is 5.75 Å². The molecule has 1 aliphatic heterocycles. The summed E-state index contributed by atoms with van der Waals surface area (Å²) in [5, 5.41) is 9.84. The van der Waals surface area contributed by atoms with E-state index in [9.17, 15) is 14.4 Å². The number of esters is 1. The molecule has 0 fully saturated rings. The number of rotatable bonds is 3. The number of nitrogens with one attached hydrogen (secondary N) is 2. The minimum Gasteiger partial charge on any atom is -0.444 e. The van der Waals surface area contributed by atoms with E-state index < -0.39 is 11.6 Å². The van der Waals surface area contributed by atoms with Crippen molar-refractivity contribution in [2.45, 2.75) is 46.3 Å². The summed E-state index contributed by atoms with van der Waals surface area (Å²) in [5.41, 5.74) is 1.39. The summed E-state index contributed by atoms with van der Waals surface area (Å²) < 4.78 is 10.4. The van der Waals surface area contributed by atoms with Gasteiger partial charge in [-0.1, -0.05) is 6.07 Å². The highest BCUT2D eigenvalue weighted by Crippen LogP contribution is 2.25. The predicted molar refractivity (Wildman–Crippen MR) is 105 cm³/mol. The minimum absolute atomic E-state index is 0.294. The molecule has 2 heterocycles. The quantitative estimate of drug-likeness (QED) is 0.605. The van der Waals surface area contributed by atoms with Gasteiger partial charge in [0.25, 0.3) is 5.91 Å². The van der Waals surface area contributed by atoms with E-state index >= 15 is 0 Å². The van der Waals surface area contributed by atoms with Gasteiger partial charge in [0.1, 0.15) is 11.4 Å². The predicted octanol–water partition coefficient (Wildman–Crippen LogP) is 2.88. The Morgan fingerprint density at radius 1 is 1.24 bits per heavy atom. The molecule has 0 atom stereocenters. The van der Waals surface area contributed by atoms with Gasteiger partial charge in [0.05, 0.1) is 12.2 Å². The molecule has 0 radical (unpaired) electrons. The molecule has 0 saturated heterocycles. The van der Waals surface area contributed by atoms with Gasteiger partial charge in [-0.05, 0) is 45.4 Å². The van der Waals surface area contributed by atoms with Crippen LogP contribution >= 0.6 is 0 Å². The highest BCUT2D eigenvalue weighted by Gasteiger charge is 2.28. The van der Waals surface area contributed by atoms with Gasteiger partial charge in [0.15, 0.2) is 5.82 Å². The third-order valence-electron chi connectivity index (χ3n) is 4.17. The van der Waals surface area contributed by atoms with Crippen molar-refractivity contribution in [2.75, 3.05) is 11.9 Å². The van der Waals surface area contributed by atoms with Crippen LogP contribution in [0.3, 0.4) is 0 Å². The van der Waals surface area contributed by atoms with Crippen molar-refractivity contribution in [2.24, 2.45) is 0 Å². The van der Waals surface area contributed by atoms with Gasteiger partial charge in [-0.25, -0.2) is 4.79 Å². The van der Waals surface area contributed by atoms with Crippen LogP contribution in [0.2, 0.25) is 0 Å². The van der Waals surface area contributed by atoms with E-state index in [4.69, 9.17) is 9.47 Å². The second kappa shape index (κ2) is 7.94. The number of H-pyrrole nitrogens is 1. The number of hydrogen-bond donors (Lipinski definition) is 2. The Morgan fingerprint density at radius 2 is 2.00 bits per heavy atom. The Kier molecular flexibility index (Phi) is 5.58. The molecule has 0 saturated carbocycles. The lowest BCUT2D eigenvalue weighted by atomic mass is 10.1. The number of fused-ring (bicyclic) bond motifs is 1. The fourth-order valence-corrected chi connectivity index (χ4v) is 2.95. The zero-order valence-corrected chi connectivity index (χ0v) is 16.9. The van der Waals surface area contributed by atoms with Gasteiger partial charge >= 0.3 is 12.1 Å². The summed E-state index contributed by atoms with van der Waals surface area (Å²) in [6.45, 7) is 7.55. The normalized spacial score (nSPS) is 13.4. The van der Waals surface area contributed by atoms with Gasteiger partial charge < -0.3 is 19.7 Å². The fraction of sp³-hybridized carbons (Fsp3) is 0.400. The number of nitrogens with zero attached hydrogens (tertiary/aromatic N) is 2. The minimum atomic E-state index is -0.564. The van der Waals surface area contributed by atoms with Crippen LogP contribution in [0.15, 0.2) is 24.3 Å². The van der Waals surface area contributed by atoms with Crippen molar-refractivity contribution >= 4 is 23.8 Å². The van der Waals surface area contributed by atoms with Crippen molar-refractivity contribution < 1.29 is 23.9 Å². The molecule has 9 nitrogen and oxygen atoms in total. The van der Waals surface area contributed by atoms with Crippen LogP contribution in [-0.4, -0.2) is 45.2 Å². The third kappa shape index (κ3) is 5.13. The maximum Gasteiger partial charge on any atom is 0.410 e. The zero-order valence-electron chi connectivity index (χ0n) is 16.9. The van der Waals surface area contributed by atoms with Crippen molar-refractivity contribution in [1.82, 2.24) is 15.1 Å². The molecule has 29 heavy (non-hydrogen) atoms. The lowest BCUT2D eigenvalue weighted by molar-refractivity contribution is -0.131. The third-order valence-corrected chi connectivity index (χ3v) is 4.17. The molecule has 0 aliphatic carbocycles. The molecule has 1 aromatic heterocycles. The Bertz CT molecular complexity index is 945. The summed E-state index contributed by atoms with van der Waals surface area (Å²) in [7, 11) is 0. The number of aromatic nitrogens is 2. The molecule has 0 spiro atoms. The molecule has 3 rings (SSSR count). The second-order valence-electron chi connectivity index (χ2n) is 7.76. The highest BCUT2D eigenvalue weighted by atomic mass is 16.6. The molecule has 2 amide bonds. The number of aromatic amines is 1. The first-order valence-corrected chi connectivity index (χ1v) is 9.26. The molecule has 9 heteroatoms. The van der Waals surface area contributed by atoms with E-state index in [0.29, 0.717) is 36.6 Å². The Balaban J connectivity index is 1.68. The highest BCUT2D eigenvalue weighted by molar-refractivity contribution is 6.04. The summed E-state index contributed by atoms with van der Waals surface area (Å²) in [4.78, 5) is 37.5. The van der Waals surface area contributed by atoms with Gasteiger partial charge in [-0.2, -0.15) is 5.10 Å². The summed E-state index contributed by atoms with van der Waals surface area (Å²) in [5.74, 6) is -0.115. The summed E-state index contributed by atoms with van der Waals surface area (Å²) >= 11 is 0. The Labute approximate surface area is 168 Å². The fourth-order valence-electron chi connectivity index (χ4n) is 2.95. The van der Waals surface area contributed by atoms with E-state index in [1.54, 1.807) is 23.1 Å². The summed E-state index contributed by atoms with van der Waals surface area (Å²) in [6.07, 6.45) is 0.152. The van der Waals surface area contributed by atoms with E-state index in [2.05, 4.69) is 15.5 Å². The number of ether oxygens (including phenoxy) is 2. The molecular weight excluding hydrogens is 376 g/mol. The molecule has 2 N–H and O–H groups in total. The van der Waals surface area contributed by atoms with Gasteiger partial charge in [0, 0.05) is 24.6 Å². The number of hydrogen-bond acceptors (Lipinski definition) is 6. The number of carbonyl (C=O) groups is 3. The van der Waals surface area contributed by atoms with Gasteiger partial charge in [0.2, 0.25) is 0 Å². The average molecular weight is 400 g/mol. The lowest BCUT2D eigenvalue weighted by Crippen LogP contribution is -2.39. The first-order chi connectivity index (χ1) is 13.6. The molecule has 0 unspecified atom stereocenters. The summed E-state index contributed by atoms with van der Waals surface area (Å²) in [6, 6.07) is 6.33. The smallest absolute Gasteiger partial charge is 0.410 e. The first kappa shape index (κ1) is 20.4. The maximum atomic E-state index is 12.6. The van der Waals surface area contributed by atoms with Crippen LogP contribution in [-0.2, 0) is 22.5 Å². The van der Waals surface area contributed by atoms with Crippen molar-refractivity contribution in [1.29, 1.82) is 0 Å². The van der Waals surface area contributed by atoms with Crippen molar-refractivity contribution in [3.8, 4) is 5.75 Å². The van der Waals surface area contributed by atoms with Crippen LogP contribution in [0, 0.1) is 0 Å². The Hall–Kier alpha value is -3.36. The second-order valence-corrected chi connectivity index (χ2v) is 7.76. The topological polar surface area (TPSA) is 114 Å². The molecule has 1 aromatic carbocycles.